The van der Waals surface area contributed by atoms with Crippen molar-refractivity contribution in [2.45, 2.75) is 89.7 Å². The van der Waals surface area contributed by atoms with E-state index in [0.717, 1.165) is 34.2 Å². The van der Waals surface area contributed by atoms with Crippen LogP contribution in [0.4, 0.5) is 0 Å². The van der Waals surface area contributed by atoms with Gasteiger partial charge in [-0.15, -0.1) is 0 Å². The van der Waals surface area contributed by atoms with Crippen molar-refractivity contribution < 1.29 is 27.8 Å². The summed E-state index contributed by atoms with van der Waals surface area (Å²) < 4.78 is 41.5. The Bertz CT molecular complexity index is 1390. The maximum atomic E-state index is 13.6. The van der Waals surface area contributed by atoms with Crippen LogP contribution in [0, 0.1) is 18.8 Å². The average Bonchev–Trinajstić information content (AvgIpc) is 2.90. The molecule has 7 nitrogen and oxygen atoms in total. The predicted octanol–water partition coefficient (Wildman–Crippen LogP) is 6.61. The summed E-state index contributed by atoms with van der Waals surface area (Å²) in [5.74, 6) is -0.306. The van der Waals surface area contributed by atoms with Crippen LogP contribution in [0.1, 0.15) is 88.7 Å². The van der Waals surface area contributed by atoms with Crippen molar-refractivity contribution in [1.29, 1.82) is 0 Å². The number of aliphatic carboxylic acids is 1. The number of rotatable bonds is 8. The molecule has 0 radical (unpaired) electrons. The van der Waals surface area contributed by atoms with E-state index < -0.39 is 22.6 Å². The molecule has 0 bridgehead atoms. The molecule has 0 spiro atoms. The van der Waals surface area contributed by atoms with Gasteiger partial charge in [-0.05, 0) is 78.8 Å². The van der Waals surface area contributed by atoms with Crippen LogP contribution in [0.2, 0.25) is 0 Å². The summed E-state index contributed by atoms with van der Waals surface area (Å²) in [6.07, 6.45) is 0.829. The maximum absolute atomic E-state index is 13.6. The van der Waals surface area contributed by atoms with E-state index in [-0.39, 0.29) is 35.4 Å². The highest BCUT2D eigenvalue weighted by atomic mass is 32.2. The minimum absolute atomic E-state index is 0.0176. The molecule has 4 atom stereocenters. The molecular formula is C33H45NO6S. The van der Waals surface area contributed by atoms with Crippen molar-refractivity contribution in [1.82, 2.24) is 4.31 Å². The van der Waals surface area contributed by atoms with Crippen LogP contribution in [0.15, 0.2) is 53.4 Å². The molecule has 0 saturated carbocycles. The van der Waals surface area contributed by atoms with Gasteiger partial charge < -0.3 is 14.6 Å². The van der Waals surface area contributed by atoms with Crippen LogP contribution < -0.4 is 4.74 Å². The SMILES string of the molecule is C=C(C)[C@H]1C[C@@H]2CN(S(=O)(=O)c3ccc(C(C)(C)C)cc3)CC[C@@H]2O[C@@H]1c1c(C)cc(C(C)C)cc1OCC(=O)O. The van der Waals surface area contributed by atoms with Crippen LogP contribution in [-0.4, -0.2) is 49.6 Å². The van der Waals surface area contributed by atoms with Crippen molar-refractivity contribution in [2.24, 2.45) is 11.8 Å². The molecule has 1 N–H and O–H groups in total. The van der Waals surface area contributed by atoms with E-state index in [1.165, 1.54) is 0 Å². The monoisotopic (exact) mass is 583 g/mol. The Balaban J connectivity index is 1.61. The van der Waals surface area contributed by atoms with Crippen LogP contribution in [0.3, 0.4) is 0 Å². The van der Waals surface area contributed by atoms with Gasteiger partial charge in [-0.1, -0.05) is 65.0 Å². The predicted molar refractivity (Wildman–Crippen MR) is 161 cm³/mol. The summed E-state index contributed by atoms with van der Waals surface area (Å²) in [7, 11) is -3.64. The van der Waals surface area contributed by atoms with E-state index in [0.29, 0.717) is 30.2 Å². The number of carbonyl (C=O) groups is 1. The molecule has 0 aromatic heterocycles. The fourth-order valence-electron chi connectivity index (χ4n) is 6.09. The van der Waals surface area contributed by atoms with Gasteiger partial charge in [-0.3, -0.25) is 0 Å². The number of hydrogen-bond donors (Lipinski definition) is 1. The van der Waals surface area contributed by atoms with Gasteiger partial charge in [-0.25, -0.2) is 13.2 Å². The Labute approximate surface area is 245 Å². The second-order valence-electron chi connectivity index (χ2n) is 13.1. The second-order valence-corrected chi connectivity index (χ2v) is 15.0. The lowest BCUT2D eigenvalue weighted by Crippen LogP contribution is -2.50. The minimum atomic E-state index is -3.64. The molecule has 8 heteroatoms. The first-order valence-corrected chi connectivity index (χ1v) is 15.9. The van der Waals surface area contributed by atoms with E-state index in [1.807, 2.05) is 32.0 Å². The number of benzene rings is 2. The Morgan fingerprint density at radius 1 is 1.20 bits per heavy atom. The molecule has 2 heterocycles. The van der Waals surface area contributed by atoms with Crippen molar-refractivity contribution in [3.63, 3.8) is 0 Å². The van der Waals surface area contributed by atoms with E-state index >= 15 is 0 Å². The van der Waals surface area contributed by atoms with Gasteiger partial charge in [0.05, 0.1) is 17.1 Å². The smallest absolute Gasteiger partial charge is 0.341 e. The van der Waals surface area contributed by atoms with Crippen molar-refractivity contribution >= 4 is 16.0 Å². The number of nitrogens with zero attached hydrogens (tertiary/aromatic N) is 1. The van der Waals surface area contributed by atoms with Gasteiger partial charge in [0.2, 0.25) is 10.0 Å². The summed E-state index contributed by atoms with van der Waals surface area (Å²) in [5, 5.41) is 9.32. The zero-order valence-corrected chi connectivity index (χ0v) is 26.3. The fourth-order valence-corrected chi connectivity index (χ4v) is 7.60. The Morgan fingerprint density at radius 3 is 2.41 bits per heavy atom. The highest BCUT2D eigenvalue weighted by molar-refractivity contribution is 7.89. The molecule has 2 saturated heterocycles. The van der Waals surface area contributed by atoms with Crippen LogP contribution >= 0.6 is 0 Å². The van der Waals surface area contributed by atoms with Gasteiger partial charge in [0.1, 0.15) is 5.75 Å². The van der Waals surface area contributed by atoms with Gasteiger partial charge in [0.25, 0.3) is 0 Å². The third-order valence-electron chi connectivity index (χ3n) is 8.54. The molecule has 0 aliphatic carbocycles. The molecule has 224 valence electrons. The second kappa shape index (κ2) is 11.9. The Kier molecular flexibility index (Phi) is 9.07. The van der Waals surface area contributed by atoms with Crippen molar-refractivity contribution in [2.75, 3.05) is 19.7 Å². The van der Waals surface area contributed by atoms with Gasteiger partial charge in [0, 0.05) is 24.6 Å². The summed E-state index contributed by atoms with van der Waals surface area (Å²) in [4.78, 5) is 11.7. The topological polar surface area (TPSA) is 93.1 Å². The van der Waals surface area contributed by atoms with Crippen LogP contribution in [-0.2, 0) is 25.0 Å². The fraction of sp³-hybridized carbons (Fsp3) is 0.545. The molecule has 2 fully saturated rings. The minimum Gasteiger partial charge on any atom is -0.482 e. The molecular weight excluding hydrogens is 538 g/mol. The summed E-state index contributed by atoms with van der Waals surface area (Å²) in [5.41, 5.74) is 4.90. The van der Waals surface area contributed by atoms with Crippen molar-refractivity contribution in [3.05, 3.63) is 70.8 Å². The molecule has 2 aromatic rings. The van der Waals surface area contributed by atoms with Crippen LogP contribution in [0.5, 0.6) is 5.75 Å². The van der Waals surface area contributed by atoms with E-state index in [9.17, 15) is 18.3 Å². The Hall–Kier alpha value is -2.68. The third-order valence-corrected chi connectivity index (χ3v) is 10.4. The average molecular weight is 584 g/mol. The zero-order chi connectivity index (χ0) is 30.3. The standard InChI is InChI=1S/C33H45NO6S/c1-20(2)23-15-22(5)31(29(17-23)39-19-30(35)36)32-27(21(3)4)16-24-18-34(14-13-28(24)40-32)41(37,38)26-11-9-25(10-12-26)33(6,7)8/h9-12,15,17,20,24,27-28,32H,3,13-14,16,18-19H2,1-2,4-8H3,(H,35,36)/t24-,27-,28+,32+/m1/s1. The number of ether oxygens (including phenoxy) is 2. The number of fused-ring (bicyclic) bond motifs is 1. The molecule has 2 aromatic carbocycles. The summed E-state index contributed by atoms with van der Waals surface area (Å²) in [6.45, 7) is 19.1. The lowest BCUT2D eigenvalue weighted by molar-refractivity contribution is -0.139. The first-order valence-electron chi connectivity index (χ1n) is 14.5. The van der Waals surface area contributed by atoms with Gasteiger partial charge in [0.15, 0.2) is 6.61 Å². The number of aryl methyl sites for hydroxylation is 1. The molecule has 41 heavy (non-hydrogen) atoms. The number of carboxylic acid groups (broad SMARTS) is 1. The normalized spacial score (nSPS) is 23.7. The largest absolute Gasteiger partial charge is 0.482 e. The lowest BCUT2D eigenvalue weighted by atomic mass is 9.75. The first-order chi connectivity index (χ1) is 19.1. The highest BCUT2D eigenvalue weighted by Gasteiger charge is 2.45. The van der Waals surface area contributed by atoms with E-state index in [2.05, 4.69) is 47.3 Å². The summed E-state index contributed by atoms with van der Waals surface area (Å²) in [6, 6.07) is 11.3. The zero-order valence-electron chi connectivity index (χ0n) is 25.4. The molecule has 0 amide bonds. The highest BCUT2D eigenvalue weighted by Crippen LogP contribution is 2.49. The number of piperidine rings is 1. The molecule has 0 unspecified atom stereocenters. The van der Waals surface area contributed by atoms with Crippen molar-refractivity contribution in [3.8, 4) is 5.75 Å². The molecule has 2 aliphatic heterocycles. The molecule has 4 rings (SSSR count). The number of hydrogen-bond acceptors (Lipinski definition) is 5. The number of sulfonamides is 1. The Morgan fingerprint density at radius 2 is 1.85 bits per heavy atom. The van der Waals surface area contributed by atoms with Gasteiger partial charge >= 0.3 is 5.97 Å². The first kappa shape index (κ1) is 31.3. The maximum Gasteiger partial charge on any atom is 0.341 e. The quantitative estimate of drug-likeness (QED) is 0.352. The number of carboxylic acids is 1. The third kappa shape index (κ3) is 6.71. The van der Waals surface area contributed by atoms with E-state index in [1.54, 1.807) is 16.4 Å². The molecule has 2 aliphatic rings. The lowest BCUT2D eigenvalue weighted by Gasteiger charge is -2.47. The van der Waals surface area contributed by atoms with Crippen LogP contribution in [0.25, 0.3) is 0 Å². The van der Waals surface area contributed by atoms with Gasteiger partial charge in [-0.2, -0.15) is 4.31 Å². The van der Waals surface area contributed by atoms with E-state index in [4.69, 9.17) is 9.47 Å². The summed E-state index contributed by atoms with van der Waals surface area (Å²) >= 11 is 0.